The molecule has 0 saturated heterocycles. The molecule has 17 heavy (non-hydrogen) atoms. The molecule has 5 nitrogen and oxygen atoms in total. The number of carbonyl (C=O) groups excluding carboxylic acids is 1. The molecule has 0 rings (SSSR count). The Bertz CT molecular complexity index is 289. The lowest BCUT2D eigenvalue weighted by molar-refractivity contribution is -0.137. The van der Waals surface area contributed by atoms with Crippen molar-refractivity contribution in [1.29, 1.82) is 0 Å². The van der Waals surface area contributed by atoms with E-state index >= 15 is 0 Å². The van der Waals surface area contributed by atoms with E-state index in [2.05, 4.69) is 16.6 Å². The van der Waals surface area contributed by atoms with Crippen LogP contribution in [0.3, 0.4) is 0 Å². The van der Waals surface area contributed by atoms with Crippen molar-refractivity contribution < 1.29 is 14.7 Å². The standard InChI is InChI=1S/C11H18N2O3S/c1-3-5-17-6-4-12-11(16)13-8-9(2)7-10(14)15/h1,9H,4-8H2,2H3,(H,14,15)(H2,12,13,16). The minimum absolute atomic E-state index is 0.0539. The molecule has 1 atom stereocenters. The van der Waals surface area contributed by atoms with Gasteiger partial charge in [0.05, 0.1) is 5.75 Å². The minimum atomic E-state index is -0.856. The molecule has 96 valence electrons. The largest absolute Gasteiger partial charge is 0.481 e. The Morgan fingerprint density at radius 2 is 2.18 bits per heavy atom. The first-order chi connectivity index (χ1) is 8.06. The lowest BCUT2D eigenvalue weighted by Gasteiger charge is -2.11. The molecule has 0 radical (unpaired) electrons. The Morgan fingerprint density at radius 3 is 2.76 bits per heavy atom. The van der Waals surface area contributed by atoms with Crippen LogP contribution in [0.25, 0.3) is 0 Å². The van der Waals surface area contributed by atoms with E-state index in [1.807, 2.05) is 0 Å². The molecule has 0 bridgehead atoms. The molecule has 0 fully saturated rings. The summed E-state index contributed by atoms with van der Waals surface area (Å²) in [5.74, 6) is 2.97. The van der Waals surface area contributed by atoms with E-state index in [0.717, 1.165) is 5.75 Å². The topological polar surface area (TPSA) is 78.4 Å². The van der Waals surface area contributed by atoms with Crippen LogP contribution < -0.4 is 10.6 Å². The summed E-state index contributed by atoms with van der Waals surface area (Å²) >= 11 is 1.57. The third kappa shape index (κ3) is 10.9. The zero-order chi connectivity index (χ0) is 13.1. The summed E-state index contributed by atoms with van der Waals surface area (Å²) < 4.78 is 0. The number of aliphatic carboxylic acids is 1. The highest BCUT2D eigenvalue weighted by Gasteiger charge is 2.08. The monoisotopic (exact) mass is 258 g/mol. The zero-order valence-corrected chi connectivity index (χ0v) is 10.7. The van der Waals surface area contributed by atoms with Crippen LogP contribution in [0.1, 0.15) is 13.3 Å². The first kappa shape index (κ1) is 15.7. The highest BCUT2D eigenvalue weighted by atomic mass is 32.2. The van der Waals surface area contributed by atoms with Crippen LogP contribution in [0.2, 0.25) is 0 Å². The van der Waals surface area contributed by atoms with Crippen molar-refractivity contribution >= 4 is 23.8 Å². The molecule has 0 aromatic heterocycles. The van der Waals surface area contributed by atoms with Crippen molar-refractivity contribution in [2.75, 3.05) is 24.6 Å². The molecule has 0 aromatic carbocycles. The SMILES string of the molecule is C#CCSCCNC(=O)NCC(C)CC(=O)O. The predicted molar refractivity (Wildman–Crippen MR) is 69.0 cm³/mol. The molecular weight excluding hydrogens is 240 g/mol. The Balaban J connectivity index is 3.46. The summed E-state index contributed by atoms with van der Waals surface area (Å²) in [6.45, 7) is 2.68. The Labute approximate surface area is 106 Å². The second kappa shape index (κ2) is 9.85. The lowest BCUT2D eigenvalue weighted by Crippen LogP contribution is -2.39. The van der Waals surface area contributed by atoms with Gasteiger partial charge >= 0.3 is 12.0 Å². The average molecular weight is 258 g/mol. The van der Waals surface area contributed by atoms with Gasteiger partial charge in [-0.1, -0.05) is 12.8 Å². The fraction of sp³-hybridized carbons (Fsp3) is 0.636. The van der Waals surface area contributed by atoms with Crippen LogP contribution in [0, 0.1) is 18.3 Å². The first-order valence-corrected chi connectivity index (χ1v) is 6.46. The fourth-order valence-electron chi connectivity index (χ4n) is 1.07. The number of rotatable bonds is 8. The number of terminal acetylenes is 1. The molecule has 0 aromatic rings. The van der Waals surface area contributed by atoms with Crippen LogP contribution >= 0.6 is 11.8 Å². The number of carboxylic acids is 1. The summed E-state index contributed by atoms with van der Waals surface area (Å²) in [4.78, 5) is 21.6. The van der Waals surface area contributed by atoms with Crippen molar-refractivity contribution in [3.05, 3.63) is 0 Å². The number of hydrogen-bond acceptors (Lipinski definition) is 3. The molecule has 0 spiro atoms. The minimum Gasteiger partial charge on any atom is -0.481 e. The Hall–Kier alpha value is -1.35. The second-order valence-corrected chi connectivity index (χ2v) is 4.70. The van der Waals surface area contributed by atoms with Gasteiger partial charge in [0.1, 0.15) is 0 Å². The van der Waals surface area contributed by atoms with Gasteiger partial charge in [-0.25, -0.2) is 4.79 Å². The van der Waals surface area contributed by atoms with E-state index in [0.29, 0.717) is 18.8 Å². The maximum atomic E-state index is 11.2. The van der Waals surface area contributed by atoms with Crippen molar-refractivity contribution in [2.24, 2.45) is 5.92 Å². The van der Waals surface area contributed by atoms with Crippen LogP contribution in [-0.4, -0.2) is 41.7 Å². The van der Waals surface area contributed by atoms with Crippen molar-refractivity contribution in [2.45, 2.75) is 13.3 Å². The third-order valence-electron chi connectivity index (χ3n) is 1.85. The van der Waals surface area contributed by atoms with Gasteiger partial charge in [-0.2, -0.15) is 0 Å². The van der Waals surface area contributed by atoms with E-state index in [9.17, 15) is 9.59 Å². The third-order valence-corrected chi connectivity index (χ3v) is 2.72. The maximum absolute atomic E-state index is 11.2. The summed E-state index contributed by atoms with van der Waals surface area (Å²) in [7, 11) is 0. The number of urea groups is 1. The molecule has 0 heterocycles. The first-order valence-electron chi connectivity index (χ1n) is 5.31. The number of hydrogen-bond donors (Lipinski definition) is 3. The lowest BCUT2D eigenvalue weighted by atomic mass is 10.1. The number of thioether (sulfide) groups is 1. The number of nitrogens with one attached hydrogen (secondary N) is 2. The summed E-state index contributed by atoms with van der Waals surface area (Å²) in [5, 5.41) is 13.8. The summed E-state index contributed by atoms with van der Waals surface area (Å²) in [5.41, 5.74) is 0. The quantitative estimate of drug-likeness (QED) is 0.444. The van der Waals surface area contributed by atoms with Crippen molar-refractivity contribution in [3.63, 3.8) is 0 Å². The average Bonchev–Trinajstić information content (AvgIpc) is 2.25. The van der Waals surface area contributed by atoms with Gasteiger partial charge in [-0.15, -0.1) is 18.2 Å². The summed E-state index contributed by atoms with van der Waals surface area (Å²) in [6.07, 6.45) is 5.13. The van der Waals surface area contributed by atoms with E-state index in [-0.39, 0.29) is 18.4 Å². The van der Waals surface area contributed by atoms with E-state index < -0.39 is 5.97 Å². The molecule has 0 aliphatic carbocycles. The zero-order valence-electron chi connectivity index (χ0n) is 9.86. The van der Waals surface area contributed by atoms with Crippen molar-refractivity contribution in [1.82, 2.24) is 10.6 Å². The van der Waals surface area contributed by atoms with Gasteiger partial charge < -0.3 is 15.7 Å². The fourth-order valence-corrected chi connectivity index (χ4v) is 1.58. The molecule has 3 N–H and O–H groups in total. The molecule has 0 aliphatic rings. The van der Waals surface area contributed by atoms with Gasteiger partial charge in [0.25, 0.3) is 0 Å². The molecule has 1 unspecified atom stereocenters. The predicted octanol–water partition coefficient (Wildman–Crippen LogP) is 0.763. The molecule has 0 saturated carbocycles. The Morgan fingerprint density at radius 1 is 1.47 bits per heavy atom. The van der Waals surface area contributed by atoms with Gasteiger partial charge in [0.15, 0.2) is 0 Å². The summed E-state index contributed by atoms with van der Waals surface area (Å²) in [6, 6.07) is -0.274. The highest BCUT2D eigenvalue weighted by Crippen LogP contribution is 1.99. The second-order valence-electron chi connectivity index (χ2n) is 3.60. The number of carbonyl (C=O) groups is 2. The Kier molecular flexibility index (Phi) is 9.06. The molecule has 2 amide bonds. The van der Waals surface area contributed by atoms with Crippen molar-refractivity contribution in [3.8, 4) is 12.3 Å². The van der Waals surface area contributed by atoms with Crippen LogP contribution in [0.15, 0.2) is 0 Å². The molecule has 6 heteroatoms. The van der Waals surface area contributed by atoms with E-state index in [1.165, 1.54) is 0 Å². The van der Waals surface area contributed by atoms with Crippen LogP contribution in [0.5, 0.6) is 0 Å². The van der Waals surface area contributed by atoms with E-state index in [4.69, 9.17) is 11.5 Å². The molecular formula is C11H18N2O3S. The maximum Gasteiger partial charge on any atom is 0.314 e. The smallest absolute Gasteiger partial charge is 0.314 e. The van der Waals surface area contributed by atoms with Crippen LogP contribution in [-0.2, 0) is 4.79 Å². The van der Waals surface area contributed by atoms with Gasteiger partial charge in [0.2, 0.25) is 0 Å². The van der Waals surface area contributed by atoms with Crippen LogP contribution in [0.4, 0.5) is 4.79 Å². The van der Waals surface area contributed by atoms with Gasteiger partial charge in [-0.05, 0) is 5.92 Å². The number of carboxylic acid groups (broad SMARTS) is 1. The number of amides is 2. The van der Waals surface area contributed by atoms with E-state index in [1.54, 1.807) is 18.7 Å². The normalized spacial score (nSPS) is 11.3. The van der Waals surface area contributed by atoms with Gasteiger partial charge in [-0.3, -0.25) is 4.79 Å². The van der Waals surface area contributed by atoms with Gasteiger partial charge in [0, 0.05) is 25.3 Å². The highest BCUT2D eigenvalue weighted by molar-refractivity contribution is 7.99. The molecule has 0 aliphatic heterocycles.